The van der Waals surface area contributed by atoms with Crippen LogP contribution in [0.15, 0.2) is 24.4 Å². The maximum atomic E-state index is 9.58. The minimum absolute atomic E-state index is 0.0207. The molecule has 1 atom stereocenters. The van der Waals surface area contributed by atoms with E-state index in [9.17, 15) is 5.11 Å². The number of imidazole rings is 1. The Labute approximate surface area is 142 Å². The van der Waals surface area contributed by atoms with Crippen LogP contribution >= 0.6 is 0 Å². The zero-order chi connectivity index (χ0) is 16.9. The van der Waals surface area contributed by atoms with Gasteiger partial charge in [-0.05, 0) is 31.5 Å². The smallest absolute Gasteiger partial charge is 0.126 e. The molecule has 6 nitrogen and oxygen atoms in total. The predicted molar refractivity (Wildman–Crippen MR) is 90.8 cm³/mol. The van der Waals surface area contributed by atoms with Crippen molar-refractivity contribution in [2.24, 2.45) is 0 Å². The minimum Gasteiger partial charge on any atom is -0.494 e. The fraction of sp³-hybridized carbons (Fsp3) is 0.500. The second kappa shape index (κ2) is 7.79. The highest BCUT2D eigenvalue weighted by molar-refractivity contribution is 5.37. The van der Waals surface area contributed by atoms with Crippen LogP contribution in [0.2, 0.25) is 0 Å². The quantitative estimate of drug-likeness (QED) is 0.849. The van der Waals surface area contributed by atoms with Crippen LogP contribution in [-0.2, 0) is 17.9 Å². The summed E-state index contributed by atoms with van der Waals surface area (Å²) >= 11 is 0. The largest absolute Gasteiger partial charge is 0.494 e. The van der Waals surface area contributed by atoms with E-state index >= 15 is 0 Å². The number of hydrogen-bond donors (Lipinski definition) is 2. The van der Waals surface area contributed by atoms with Gasteiger partial charge >= 0.3 is 0 Å². The van der Waals surface area contributed by atoms with Crippen LogP contribution in [0.3, 0.4) is 0 Å². The molecule has 0 unspecified atom stereocenters. The molecular weight excluding hydrogens is 306 g/mol. The summed E-state index contributed by atoms with van der Waals surface area (Å²) in [6.45, 7) is 7.52. The summed E-state index contributed by atoms with van der Waals surface area (Å²) in [5, 5.41) is 9.58. The van der Waals surface area contributed by atoms with Gasteiger partial charge < -0.3 is 19.6 Å². The predicted octanol–water partition coefficient (Wildman–Crippen LogP) is 2.18. The summed E-state index contributed by atoms with van der Waals surface area (Å²) in [5.41, 5.74) is 3.03. The number of ether oxygens (including phenoxy) is 2. The maximum absolute atomic E-state index is 9.58. The number of nitrogens with one attached hydrogen (secondary N) is 1. The van der Waals surface area contributed by atoms with Crippen molar-refractivity contribution in [3.8, 4) is 5.75 Å². The van der Waals surface area contributed by atoms with Gasteiger partial charge in [-0.15, -0.1) is 0 Å². The van der Waals surface area contributed by atoms with E-state index in [-0.39, 0.29) is 12.6 Å². The van der Waals surface area contributed by atoms with Crippen molar-refractivity contribution >= 4 is 0 Å². The number of benzene rings is 1. The molecule has 0 radical (unpaired) electrons. The van der Waals surface area contributed by atoms with Crippen LogP contribution in [-0.4, -0.2) is 46.3 Å². The fourth-order valence-electron chi connectivity index (χ4n) is 3.07. The molecule has 0 saturated carbocycles. The average molecular weight is 331 g/mol. The third-order valence-electron chi connectivity index (χ3n) is 4.26. The highest BCUT2D eigenvalue weighted by Gasteiger charge is 2.27. The zero-order valence-electron chi connectivity index (χ0n) is 14.3. The van der Waals surface area contributed by atoms with Crippen molar-refractivity contribution in [2.75, 3.05) is 26.4 Å². The van der Waals surface area contributed by atoms with Crippen LogP contribution in [0, 0.1) is 6.92 Å². The van der Waals surface area contributed by atoms with Crippen molar-refractivity contribution in [2.45, 2.75) is 33.0 Å². The topological polar surface area (TPSA) is 70.6 Å². The third-order valence-corrected chi connectivity index (χ3v) is 4.26. The van der Waals surface area contributed by atoms with Gasteiger partial charge in [0.15, 0.2) is 0 Å². The molecule has 1 fully saturated rings. The van der Waals surface area contributed by atoms with Gasteiger partial charge in [0.05, 0.1) is 32.5 Å². The fourth-order valence-corrected chi connectivity index (χ4v) is 3.07. The number of H-pyrrole nitrogens is 1. The first-order valence-corrected chi connectivity index (χ1v) is 8.40. The SMILES string of the molecule is CCOc1ccc(CN2CCOC[C@@H]2c2ncc(C)[nH]2)cc1CO. The van der Waals surface area contributed by atoms with Crippen LogP contribution < -0.4 is 4.74 Å². The molecule has 1 aliphatic heterocycles. The van der Waals surface area contributed by atoms with Crippen molar-refractivity contribution in [1.29, 1.82) is 0 Å². The number of nitrogens with zero attached hydrogens (tertiary/aromatic N) is 2. The summed E-state index contributed by atoms with van der Waals surface area (Å²) in [6, 6.07) is 6.14. The molecular formula is C18H25N3O3. The third kappa shape index (κ3) is 3.77. The lowest BCUT2D eigenvalue weighted by molar-refractivity contribution is -0.0156. The maximum Gasteiger partial charge on any atom is 0.126 e. The molecule has 1 aromatic heterocycles. The number of aromatic nitrogens is 2. The van der Waals surface area contributed by atoms with E-state index in [0.29, 0.717) is 13.2 Å². The second-order valence-electron chi connectivity index (χ2n) is 6.05. The first kappa shape index (κ1) is 17.0. The standard InChI is InChI=1S/C18H25N3O3/c1-3-24-17-5-4-14(8-15(17)11-22)10-21-6-7-23-12-16(21)18-19-9-13(2)20-18/h4-5,8-9,16,22H,3,6-7,10-12H2,1-2H3,(H,19,20)/t16-/m1/s1. The summed E-state index contributed by atoms with van der Waals surface area (Å²) in [5.74, 6) is 1.70. The second-order valence-corrected chi connectivity index (χ2v) is 6.05. The number of aryl methyl sites for hydroxylation is 1. The van der Waals surface area contributed by atoms with E-state index in [2.05, 4.69) is 20.9 Å². The number of aliphatic hydroxyl groups is 1. The summed E-state index contributed by atoms with van der Waals surface area (Å²) < 4.78 is 11.2. The Morgan fingerprint density at radius 1 is 1.46 bits per heavy atom. The van der Waals surface area contributed by atoms with Gasteiger partial charge in [0.2, 0.25) is 0 Å². The Morgan fingerprint density at radius 3 is 3.04 bits per heavy atom. The van der Waals surface area contributed by atoms with Gasteiger partial charge in [-0.25, -0.2) is 4.98 Å². The minimum atomic E-state index is -0.0207. The Balaban J connectivity index is 1.77. The lowest BCUT2D eigenvalue weighted by Gasteiger charge is -2.34. The molecule has 0 spiro atoms. The van der Waals surface area contributed by atoms with Gasteiger partial charge in [0, 0.05) is 30.5 Å². The van der Waals surface area contributed by atoms with E-state index in [4.69, 9.17) is 9.47 Å². The number of aliphatic hydroxyl groups excluding tert-OH is 1. The summed E-state index contributed by atoms with van der Waals surface area (Å²) in [4.78, 5) is 10.1. The highest BCUT2D eigenvalue weighted by Crippen LogP contribution is 2.26. The molecule has 2 N–H and O–H groups in total. The molecule has 0 aliphatic carbocycles. The molecule has 0 bridgehead atoms. The van der Waals surface area contributed by atoms with Gasteiger partial charge in [-0.3, -0.25) is 4.90 Å². The molecule has 1 saturated heterocycles. The number of morpholine rings is 1. The molecule has 130 valence electrons. The Kier molecular flexibility index (Phi) is 5.50. The first-order valence-electron chi connectivity index (χ1n) is 8.40. The Hall–Kier alpha value is -1.89. The van der Waals surface area contributed by atoms with E-state index in [1.807, 2.05) is 32.2 Å². The van der Waals surface area contributed by atoms with Gasteiger partial charge in [-0.1, -0.05) is 6.07 Å². The molecule has 1 aliphatic rings. The molecule has 2 aromatic rings. The van der Waals surface area contributed by atoms with E-state index in [0.717, 1.165) is 48.1 Å². The van der Waals surface area contributed by atoms with Gasteiger partial charge in [-0.2, -0.15) is 0 Å². The van der Waals surface area contributed by atoms with E-state index < -0.39 is 0 Å². The molecule has 0 amide bonds. The number of rotatable bonds is 6. The molecule has 6 heteroatoms. The lowest BCUT2D eigenvalue weighted by atomic mass is 10.1. The molecule has 2 heterocycles. The highest BCUT2D eigenvalue weighted by atomic mass is 16.5. The molecule has 24 heavy (non-hydrogen) atoms. The number of aromatic amines is 1. The monoisotopic (exact) mass is 331 g/mol. The van der Waals surface area contributed by atoms with Crippen LogP contribution in [0.5, 0.6) is 5.75 Å². The van der Waals surface area contributed by atoms with E-state index in [1.54, 1.807) is 0 Å². The molecule has 3 rings (SSSR count). The van der Waals surface area contributed by atoms with Crippen LogP contribution in [0.1, 0.15) is 35.6 Å². The van der Waals surface area contributed by atoms with Gasteiger partial charge in [0.25, 0.3) is 0 Å². The first-order chi connectivity index (χ1) is 11.7. The van der Waals surface area contributed by atoms with Crippen molar-refractivity contribution < 1.29 is 14.6 Å². The summed E-state index contributed by atoms with van der Waals surface area (Å²) in [7, 11) is 0. The normalized spacial score (nSPS) is 18.7. The number of hydrogen-bond acceptors (Lipinski definition) is 5. The zero-order valence-corrected chi connectivity index (χ0v) is 14.3. The van der Waals surface area contributed by atoms with Crippen LogP contribution in [0.4, 0.5) is 0 Å². The summed E-state index contributed by atoms with van der Waals surface area (Å²) in [6.07, 6.45) is 1.85. The van der Waals surface area contributed by atoms with E-state index in [1.165, 1.54) is 0 Å². The Morgan fingerprint density at radius 2 is 2.33 bits per heavy atom. The van der Waals surface area contributed by atoms with Crippen molar-refractivity contribution in [1.82, 2.24) is 14.9 Å². The lowest BCUT2D eigenvalue weighted by Crippen LogP contribution is -2.39. The average Bonchev–Trinajstić information content (AvgIpc) is 3.03. The van der Waals surface area contributed by atoms with Crippen molar-refractivity contribution in [3.05, 3.63) is 47.0 Å². The van der Waals surface area contributed by atoms with Gasteiger partial charge in [0.1, 0.15) is 11.6 Å². The van der Waals surface area contributed by atoms with Crippen LogP contribution in [0.25, 0.3) is 0 Å². The Bertz CT molecular complexity index is 671. The van der Waals surface area contributed by atoms with Crippen molar-refractivity contribution in [3.63, 3.8) is 0 Å². The molecule has 1 aromatic carbocycles.